The first-order valence-corrected chi connectivity index (χ1v) is 10.7. The maximum absolute atomic E-state index is 12.9. The smallest absolute Gasteiger partial charge is 0.215 e. The third-order valence-corrected chi connectivity index (χ3v) is 7.73. The van der Waals surface area contributed by atoms with E-state index in [1.54, 1.807) is 48.9 Å². The number of sulfone groups is 1. The van der Waals surface area contributed by atoms with Crippen LogP contribution in [0.1, 0.15) is 15.9 Å². The van der Waals surface area contributed by atoms with Crippen molar-refractivity contribution in [1.82, 2.24) is 0 Å². The van der Waals surface area contributed by atoms with E-state index in [0.29, 0.717) is 0 Å². The van der Waals surface area contributed by atoms with Crippen LogP contribution < -0.4 is 0 Å². The van der Waals surface area contributed by atoms with E-state index in [9.17, 15) is 13.2 Å². The van der Waals surface area contributed by atoms with Gasteiger partial charge < -0.3 is 0 Å². The van der Waals surface area contributed by atoms with Gasteiger partial charge in [-0.3, -0.25) is 4.79 Å². The van der Waals surface area contributed by atoms with E-state index in [0.717, 1.165) is 5.56 Å². The summed E-state index contributed by atoms with van der Waals surface area (Å²) in [5, 5.41) is 0.250. The second-order valence-corrected chi connectivity index (χ2v) is 9.82. The molecule has 0 atom stereocenters. The predicted octanol–water partition coefficient (Wildman–Crippen LogP) is 3.96. The van der Waals surface area contributed by atoms with Crippen LogP contribution in [0, 0.1) is 6.92 Å². The molecule has 3 nitrogen and oxygen atoms in total. The van der Waals surface area contributed by atoms with Crippen LogP contribution in [-0.2, 0) is 9.84 Å². The highest BCUT2D eigenvalue weighted by Gasteiger charge is 2.30. The number of ketones is 1. The Hall–Kier alpha value is -1.43. The van der Waals surface area contributed by atoms with Gasteiger partial charge in [-0.1, -0.05) is 41.4 Å². The lowest BCUT2D eigenvalue weighted by atomic mass is 10.1. The van der Waals surface area contributed by atoms with Crippen molar-refractivity contribution >= 4 is 41.9 Å². The third-order valence-electron chi connectivity index (χ3n) is 3.25. The number of rotatable bonds is 3. The summed E-state index contributed by atoms with van der Waals surface area (Å²) in [5.41, 5.74) is 1.16. The van der Waals surface area contributed by atoms with E-state index in [-0.39, 0.29) is 19.7 Å². The number of hydrogen-bond acceptors (Lipinski definition) is 3. The normalized spacial score (nSPS) is 11.5. The Morgan fingerprint density at radius 2 is 1.57 bits per heavy atom. The maximum atomic E-state index is 12.9. The molecule has 0 aliphatic rings. The van der Waals surface area contributed by atoms with Crippen LogP contribution in [0.4, 0.5) is 0 Å². The summed E-state index contributed by atoms with van der Waals surface area (Å²) in [6, 6.07) is 13.0. The fraction of sp³-hybridized carbons (Fsp3) is 0.176. The Morgan fingerprint density at radius 3 is 2.09 bits per heavy atom. The van der Waals surface area contributed by atoms with Crippen molar-refractivity contribution in [2.45, 2.75) is 11.8 Å². The number of benzene rings is 2. The molecule has 0 aliphatic heterocycles. The van der Waals surface area contributed by atoms with E-state index in [2.05, 4.69) is 0 Å². The first kappa shape index (κ1) is 17.9. The molecule has 23 heavy (non-hydrogen) atoms. The lowest BCUT2D eigenvalue weighted by molar-refractivity contribution is 0.107. The van der Waals surface area contributed by atoms with Crippen LogP contribution in [0.15, 0.2) is 53.4 Å². The second-order valence-electron chi connectivity index (χ2n) is 5.23. The lowest BCUT2D eigenvalue weighted by Gasteiger charge is -2.12. The first-order valence-electron chi connectivity index (χ1n) is 6.80. The van der Waals surface area contributed by atoms with Gasteiger partial charge in [0.05, 0.1) is 9.92 Å². The van der Waals surface area contributed by atoms with E-state index in [1.165, 1.54) is 12.1 Å². The van der Waals surface area contributed by atoms with Crippen molar-refractivity contribution in [3.63, 3.8) is 0 Å². The summed E-state index contributed by atoms with van der Waals surface area (Å²) in [6.45, 7) is 1.88. The van der Waals surface area contributed by atoms with E-state index < -0.39 is 26.1 Å². The Kier molecular flexibility index (Phi) is 5.45. The molecule has 0 bridgehead atoms. The number of Topliss-reactive ketones (excluding diaryl/α,β-unsaturated/α-hetero) is 1. The molecule has 2 rings (SSSR count). The number of carbonyl (C=O) groups is 1. The molecule has 0 saturated carbocycles. The van der Waals surface area contributed by atoms with Crippen LogP contribution in [-0.4, -0.2) is 30.9 Å². The zero-order valence-corrected chi connectivity index (χ0v) is 15.4. The van der Waals surface area contributed by atoms with Crippen LogP contribution in [0.3, 0.4) is 0 Å². The topological polar surface area (TPSA) is 51.2 Å². The van der Waals surface area contributed by atoms with Gasteiger partial charge in [0.25, 0.3) is 0 Å². The second kappa shape index (κ2) is 6.99. The minimum absolute atomic E-state index is 0.116. The van der Waals surface area contributed by atoms with Gasteiger partial charge in [-0.25, -0.2) is 8.42 Å². The van der Waals surface area contributed by atoms with E-state index in [4.69, 9.17) is 11.6 Å². The van der Waals surface area contributed by atoms with Gasteiger partial charge in [-0.15, -0.1) is 0 Å². The monoisotopic (exact) mass is 368 g/mol. The lowest BCUT2D eigenvalue weighted by Crippen LogP contribution is -2.25. The summed E-state index contributed by atoms with van der Waals surface area (Å²) >= 11 is 6.06. The van der Waals surface area contributed by atoms with Crippen molar-refractivity contribution in [1.29, 1.82) is 0 Å². The number of halogens is 1. The summed E-state index contributed by atoms with van der Waals surface area (Å²) in [4.78, 5) is 12.9. The van der Waals surface area contributed by atoms with Crippen molar-refractivity contribution < 1.29 is 13.2 Å². The first-order chi connectivity index (χ1) is 10.7. The molecule has 0 saturated heterocycles. The fourth-order valence-corrected chi connectivity index (χ4v) is 5.92. The molecule has 0 unspecified atom stereocenters. The van der Waals surface area contributed by atoms with Gasteiger partial charge in [0.2, 0.25) is 15.6 Å². The Bertz CT molecular complexity index is 878. The molecule has 0 heterocycles. The molecular formula is C17H17ClO3S2. The summed E-state index contributed by atoms with van der Waals surface area (Å²) < 4.78 is 25.7. The summed E-state index contributed by atoms with van der Waals surface area (Å²) in [5.74, 6) is -0.537. The van der Waals surface area contributed by atoms with Crippen LogP contribution >= 0.6 is 22.1 Å². The van der Waals surface area contributed by atoms with E-state index in [1.807, 2.05) is 6.92 Å². The Balaban J connectivity index is 2.60. The molecule has 0 amide bonds. The van der Waals surface area contributed by atoms with E-state index >= 15 is 0 Å². The van der Waals surface area contributed by atoms with Gasteiger partial charge in [-0.05, 0) is 43.7 Å². The minimum Gasteiger partial charge on any atom is -0.287 e. The molecule has 0 fully saturated rings. The van der Waals surface area contributed by atoms with Gasteiger partial charge in [-0.2, -0.15) is 10.5 Å². The molecule has 122 valence electrons. The average molecular weight is 369 g/mol. The largest absolute Gasteiger partial charge is 0.287 e. The summed E-state index contributed by atoms with van der Waals surface area (Å²) in [7, 11) is -4.61. The van der Waals surface area contributed by atoms with Crippen molar-refractivity contribution in [3.8, 4) is 0 Å². The van der Waals surface area contributed by atoms with Gasteiger partial charge in [0.1, 0.15) is 4.20 Å². The third kappa shape index (κ3) is 3.74. The molecular weight excluding hydrogens is 352 g/mol. The highest BCUT2D eigenvalue weighted by molar-refractivity contribution is 8.32. The SMILES string of the molecule is Cc1ccc(S(=O)(=O)C(C(=O)c2ccccc2Cl)=S(C)C)cc1. The van der Waals surface area contributed by atoms with Gasteiger partial charge in [0, 0.05) is 5.56 Å². The maximum Gasteiger partial charge on any atom is 0.215 e. The minimum atomic E-state index is -3.86. The van der Waals surface area contributed by atoms with Crippen LogP contribution in [0.2, 0.25) is 5.02 Å². The predicted molar refractivity (Wildman–Crippen MR) is 98.6 cm³/mol. The zero-order chi connectivity index (χ0) is 17.2. The quantitative estimate of drug-likeness (QED) is 0.608. The van der Waals surface area contributed by atoms with Crippen molar-refractivity contribution in [2.24, 2.45) is 0 Å². The van der Waals surface area contributed by atoms with Crippen molar-refractivity contribution in [2.75, 3.05) is 12.5 Å². The fourth-order valence-electron chi connectivity index (χ4n) is 2.11. The molecule has 6 heteroatoms. The molecule has 0 spiro atoms. The standard InChI is InChI=1S/C17H17ClO3S2/c1-12-8-10-13(11-9-12)23(20,21)17(22(2)3)16(19)14-6-4-5-7-15(14)18/h4-11H,1-3H3. The Labute approximate surface area is 144 Å². The Morgan fingerprint density at radius 1 is 1.00 bits per heavy atom. The number of aryl methyl sites for hydroxylation is 1. The zero-order valence-electron chi connectivity index (χ0n) is 13.0. The molecule has 2 aromatic rings. The summed E-state index contributed by atoms with van der Waals surface area (Å²) in [6.07, 6.45) is 3.44. The van der Waals surface area contributed by atoms with Gasteiger partial charge in [0.15, 0.2) is 0 Å². The molecule has 0 aliphatic carbocycles. The van der Waals surface area contributed by atoms with Gasteiger partial charge >= 0.3 is 0 Å². The van der Waals surface area contributed by atoms with Crippen LogP contribution in [0.5, 0.6) is 0 Å². The van der Waals surface area contributed by atoms with Crippen LogP contribution in [0.25, 0.3) is 0 Å². The average Bonchev–Trinajstić information content (AvgIpc) is 2.47. The van der Waals surface area contributed by atoms with Crippen molar-refractivity contribution in [3.05, 3.63) is 64.7 Å². The highest BCUT2D eigenvalue weighted by Crippen LogP contribution is 2.24. The molecule has 0 aromatic heterocycles. The molecule has 0 N–H and O–H groups in total. The molecule has 0 radical (unpaired) electrons. The number of carbonyl (C=O) groups excluding carboxylic acids is 1. The highest BCUT2D eigenvalue weighted by atomic mass is 35.5. The number of hydrogen-bond donors (Lipinski definition) is 0. The molecule has 2 aromatic carbocycles.